The molecule has 0 aliphatic heterocycles. The van der Waals surface area contributed by atoms with Gasteiger partial charge in [0.05, 0.1) is 16.3 Å². The van der Waals surface area contributed by atoms with Crippen LogP contribution in [0.15, 0.2) is 28.2 Å². The first-order valence-corrected chi connectivity index (χ1v) is 12.3. The minimum atomic E-state index is -0.905. The average Bonchev–Trinajstić information content (AvgIpc) is 3.07. The topological polar surface area (TPSA) is 107 Å². The lowest BCUT2D eigenvalue weighted by Gasteiger charge is -2.19. The van der Waals surface area contributed by atoms with Gasteiger partial charge in [0.2, 0.25) is 5.91 Å². The quantitative estimate of drug-likeness (QED) is 0.445. The molecule has 1 aliphatic rings. The fourth-order valence-corrected chi connectivity index (χ4v) is 6.40. The van der Waals surface area contributed by atoms with Crippen molar-refractivity contribution in [2.75, 3.05) is 0 Å². The summed E-state index contributed by atoms with van der Waals surface area (Å²) in [5.74, 6) is 0.0619. The van der Waals surface area contributed by atoms with Crippen molar-refractivity contribution in [2.45, 2.75) is 57.4 Å². The van der Waals surface area contributed by atoms with Crippen LogP contribution in [0.4, 0.5) is 4.79 Å². The van der Waals surface area contributed by atoms with E-state index in [1.807, 2.05) is 32.0 Å². The van der Waals surface area contributed by atoms with E-state index in [-0.39, 0.29) is 5.56 Å². The third-order valence-corrected chi connectivity index (χ3v) is 8.00. The van der Waals surface area contributed by atoms with Crippen LogP contribution in [0.5, 0.6) is 0 Å². The number of hydrogen-bond acceptors (Lipinski definition) is 6. The number of amides is 3. The van der Waals surface area contributed by atoms with Gasteiger partial charge in [0.25, 0.3) is 5.56 Å². The molecule has 0 saturated carbocycles. The van der Waals surface area contributed by atoms with E-state index in [9.17, 15) is 14.4 Å². The van der Waals surface area contributed by atoms with E-state index in [2.05, 4.69) is 12.2 Å². The Morgan fingerprint density at radius 3 is 2.81 bits per heavy atom. The minimum Gasteiger partial charge on any atom is -0.351 e. The van der Waals surface area contributed by atoms with Crippen molar-refractivity contribution in [3.63, 3.8) is 0 Å². The highest BCUT2D eigenvalue weighted by Crippen LogP contribution is 2.37. The Bertz CT molecular complexity index is 1290. The second-order valence-electron chi connectivity index (χ2n) is 8.47. The summed E-state index contributed by atoms with van der Waals surface area (Å²) < 4.78 is 1.62. The predicted octanol–water partition coefficient (Wildman–Crippen LogP) is 3.86. The molecule has 1 aliphatic carbocycles. The zero-order valence-electron chi connectivity index (χ0n) is 18.5. The number of rotatable bonds is 4. The maximum atomic E-state index is 13.9. The summed E-state index contributed by atoms with van der Waals surface area (Å²) in [6, 6.07) is 5.03. The summed E-state index contributed by atoms with van der Waals surface area (Å²) in [6.07, 6.45) is 2.89. The highest BCUT2D eigenvalue weighted by Gasteiger charge is 2.27. The molecule has 0 spiro atoms. The summed E-state index contributed by atoms with van der Waals surface area (Å²) in [5.41, 5.74) is 8.82. The third-order valence-electron chi connectivity index (χ3n) is 5.80. The van der Waals surface area contributed by atoms with E-state index in [0.717, 1.165) is 53.4 Å². The first-order chi connectivity index (χ1) is 15.2. The molecule has 2 atom stereocenters. The van der Waals surface area contributed by atoms with Gasteiger partial charge in [-0.2, -0.15) is 0 Å². The number of carbonyl (C=O) groups is 2. The summed E-state index contributed by atoms with van der Waals surface area (Å²) in [5, 5.41) is 2.55. The molecule has 0 fully saturated rings. The molecule has 0 unspecified atom stereocenters. The van der Waals surface area contributed by atoms with Crippen LogP contribution in [0.1, 0.15) is 41.8 Å². The zero-order valence-corrected chi connectivity index (χ0v) is 20.2. The lowest BCUT2D eigenvalue weighted by Crippen LogP contribution is -2.39. The fourth-order valence-electron chi connectivity index (χ4n) is 4.06. The monoisotopic (exact) mass is 470 g/mol. The summed E-state index contributed by atoms with van der Waals surface area (Å²) in [6.45, 7) is 7.82. The van der Waals surface area contributed by atoms with Gasteiger partial charge in [-0.15, -0.1) is 11.3 Å². The van der Waals surface area contributed by atoms with Crippen LogP contribution in [-0.2, 0) is 17.6 Å². The van der Waals surface area contributed by atoms with Gasteiger partial charge in [-0.05, 0) is 68.7 Å². The second kappa shape index (κ2) is 8.71. The SMILES string of the molecule is Cc1ccc(C)c(-n2c(S[C@@H](C)C(=O)NC(N)=O)nc3sc4c(c3c2=O)CC[C@@H](C)C4)c1. The van der Waals surface area contributed by atoms with E-state index in [1.165, 1.54) is 4.88 Å². The van der Waals surface area contributed by atoms with Gasteiger partial charge in [-0.1, -0.05) is 30.8 Å². The van der Waals surface area contributed by atoms with Gasteiger partial charge in [-0.3, -0.25) is 19.5 Å². The van der Waals surface area contributed by atoms with E-state index >= 15 is 0 Å². The van der Waals surface area contributed by atoms with E-state index in [0.29, 0.717) is 21.3 Å². The van der Waals surface area contributed by atoms with Crippen LogP contribution in [-0.4, -0.2) is 26.7 Å². The zero-order chi connectivity index (χ0) is 23.2. The van der Waals surface area contributed by atoms with Gasteiger partial charge in [0.1, 0.15) is 4.83 Å². The molecule has 0 radical (unpaired) electrons. The van der Waals surface area contributed by atoms with E-state index in [4.69, 9.17) is 10.7 Å². The molecule has 2 heterocycles. The molecular weight excluding hydrogens is 444 g/mol. The highest BCUT2D eigenvalue weighted by atomic mass is 32.2. The Kier molecular flexibility index (Phi) is 6.13. The summed E-state index contributed by atoms with van der Waals surface area (Å²) >= 11 is 2.72. The molecule has 3 aromatic rings. The molecule has 2 aromatic heterocycles. The Labute approximate surface area is 194 Å². The third kappa shape index (κ3) is 4.19. The smallest absolute Gasteiger partial charge is 0.318 e. The number of urea groups is 1. The number of nitrogens with zero attached hydrogens (tertiary/aromatic N) is 2. The fraction of sp³-hybridized carbons (Fsp3) is 0.391. The normalized spacial score (nSPS) is 16.6. The van der Waals surface area contributed by atoms with Crippen molar-refractivity contribution in [3.8, 4) is 5.69 Å². The number of nitrogens with two attached hydrogens (primary N) is 1. The van der Waals surface area contributed by atoms with Gasteiger partial charge in [0, 0.05) is 4.88 Å². The Morgan fingerprint density at radius 1 is 1.34 bits per heavy atom. The van der Waals surface area contributed by atoms with Crippen LogP contribution in [0.3, 0.4) is 0 Å². The average molecular weight is 471 g/mol. The molecular formula is C23H26N4O3S2. The lowest BCUT2D eigenvalue weighted by molar-refractivity contribution is -0.119. The van der Waals surface area contributed by atoms with Crippen molar-refractivity contribution >= 4 is 45.3 Å². The molecule has 4 rings (SSSR count). The van der Waals surface area contributed by atoms with Crippen molar-refractivity contribution < 1.29 is 9.59 Å². The lowest BCUT2D eigenvalue weighted by atomic mass is 9.89. The molecule has 9 heteroatoms. The molecule has 7 nitrogen and oxygen atoms in total. The van der Waals surface area contributed by atoms with E-state index < -0.39 is 17.2 Å². The van der Waals surface area contributed by atoms with Crippen LogP contribution in [0, 0.1) is 19.8 Å². The Morgan fingerprint density at radius 2 is 2.09 bits per heavy atom. The number of hydrogen-bond donors (Lipinski definition) is 2. The highest BCUT2D eigenvalue weighted by molar-refractivity contribution is 8.00. The number of benzene rings is 1. The number of carbonyl (C=O) groups excluding carboxylic acids is 2. The first kappa shape index (κ1) is 22.5. The van der Waals surface area contributed by atoms with Gasteiger partial charge in [-0.25, -0.2) is 9.78 Å². The van der Waals surface area contributed by atoms with Gasteiger partial charge in [0.15, 0.2) is 5.16 Å². The maximum absolute atomic E-state index is 13.9. The van der Waals surface area contributed by atoms with Crippen molar-refractivity contribution in [2.24, 2.45) is 11.7 Å². The maximum Gasteiger partial charge on any atom is 0.318 e. The number of aromatic nitrogens is 2. The number of primary amides is 1. The molecule has 168 valence electrons. The predicted molar refractivity (Wildman–Crippen MR) is 129 cm³/mol. The van der Waals surface area contributed by atoms with Crippen LogP contribution < -0.4 is 16.6 Å². The number of aryl methyl sites for hydroxylation is 3. The number of fused-ring (bicyclic) bond motifs is 3. The molecule has 0 bridgehead atoms. The number of thioether (sulfide) groups is 1. The van der Waals surface area contributed by atoms with Gasteiger partial charge < -0.3 is 5.73 Å². The van der Waals surface area contributed by atoms with Gasteiger partial charge >= 0.3 is 6.03 Å². The van der Waals surface area contributed by atoms with Crippen molar-refractivity contribution in [1.82, 2.24) is 14.9 Å². The molecule has 0 saturated heterocycles. The Hall–Kier alpha value is -2.65. The Balaban J connectivity index is 1.93. The minimum absolute atomic E-state index is 0.110. The van der Waals surface area contributed by atoms with Crippen LogP contribution in [0.2, 0.25) is 0 Å². The molecule has 3 amide bonds. The van der Waals surface area contributed by atoms with E-state index in [1.54, 1.807) is 22.8 Å². The van der Waals surface area contributed by atoms with Crippen LogP contribution >= 0.6 is 23.1 Å². The molecule has 3 N–H and O–H groups in total. The second-order valence-corrected chi connectivity index (χ2v) is 10.9. The first-order valence-electron chi connectivity index (χ1n) is 10.6. The molecule has 1 aromatic carbocycles. The summed E-state index contributed by atoms with van der Waals surface area (Å²) in [7, 11) is 0. The largest absolute Gasteiger partial charge is 0.351 e. The van der Waals surface area contributed by atoms with Crippen molar-refractivity contribution in [1.29, 1.82) is 0 Å². The number of thiophene rings is 1. The number of imide groups is 1. The standard InChI is InChI=1S/C23H26N4O3S2/c1-11-5-7-13(3)16(9-11)27-21(29)18-15-8-6-12(2)10-17(15)32-20(18)26-23(27)31-14(4)19(28)25-22(24)30/h5,7,9,12,14H,6,8,10H2,1-4H3,(H3,24,25,28,30)/t12-,14+/m1/s1. The number of nitrogens with one attached hydrogen (secondary N) is 1. The van der Waals surface area contributed by atoms with Crippen LogP contribution in [0.25, 0.3) is 15.9 Å². The summed E-state index contributed by atoms with van der Waals surface area (Å²) in [4.78, 5) is 44.1. The van der Waals surface area contributed by atoms with Crippen molar-refractivity contribution in [3.05, 3.63) is 50.1 Å². The molecule has 32 heavy (non-hydrogen) atoms.